The van der Waals surface area contributed by atoms with Crippen molar-refractivity contribution in [1.29, 1.82) is 0 Å². The van der Waals surface area contributed by atoms with Crippen LogP contribution in [0, 0.1) is 0 Å². The lowest BCUT2D eigenvalue weighted by Gasteiger charge is -2.22. The van der Waals surface area contributed by atoms with Crippen LogP contribution >= 0.6 is 0 Å². The van der Waals surface area contributed by atoms with Gasteiger partial charge >= 0.3 is 0 Å². The highest BCUT2D eigenvalue weighted by Crippen LogP contribution is 2.18. The van der Waals surface area contributed by atoms with Crippen LogP contribution in [0.4, 0.5) is 0 Å². The Balaban J connectivity index is 1.69. The van der Waals surface area contributed by atoms with Crippen LogP contribution in [0.15, 0.2) is 41.1 Å². The second kappa shape index (κ2) is 4.18. The SMILES string of the molecule is c1coc(CCC2[NH2+]CCn3cccc32)c1. The lowest BCUT2D eigenvalue weighted by Crippen LogP contribution is -2.87. The van der Waals surface area contributed by atoms with Crippen molar-refractivity contribution in [3.05, 3.63) is 48.2 Å². The van der Waals surface area contributed by atoms with Crippen molar-refractivity contribution < 1.29 is 9.73 Å². The Morgan fingerprint density at radius 2 is 2.38 bits per heavy atom. The Morgan fingerprint density at radius 3 is 3.25 bits per heavy atom. The van der Waals surface area contributed by atoms with Crippen molar-refractivity contribution >= 4 is 0 Å². The van der Waals surface area contributed by atoms with Crippen molar-refractivity contribution in [2.75, 3.05) is 6.54 Å². The second-order valence-electron chi connectivity index (χ2n) is 4.38. The Hall–Kier alpha value is -1.48. The average molecular weight is 217 g/mol. The van der Waals surface area contributed by atoms with Crippen molar-refractivity contribution in [3.63, 3.8) is 0 Å². The smallest absolute Gasteiger partial charge is 0.127 e. The van der Waals surface area contributed by atoms with E-state index in [9.17, 15) is 0 Å². The van der Waals surface area contributed by atoms with Crippen LogP contribution < -0.4 is 5.32 Å². The maximum atomic E-state index is 5.37. The van der Waals surface area contributed by atoms with E-state index >= 15 is 0 Å². The predicted octanol–water partition coefficient (Wildman–Crippen LogP) is 1.33. The molecule has 1 aliphatic heterocycles. The summed E-state index contributed by atoms with van der Waals surface area (Å²) < 4.78 is 7.74. The number of quaternary nitrogens is 1. The van der Waals surface area contributed by atoms with E-state index in [-0.39, 0.29) is 0 Å². The van der Waals surface area contributed by atoms with Gasteiger partial charge in [-0.1, -0.05) is 0 Å². The third-order valence-electron chi connectivity index (χ3n) is 3.35. The van der Waals surface area contributed by atoms with Gasteiger partial charge in [0.15, 0.2) is 0 Å². The zero-order valence-corrected chi connectivity index (χ0v) is 9.30. The van der Waals surface area contributed by atoms with Gasteiger partial charge in [0.1, 0.15) is 11.8 Å². The number of hydrogen-bond donors (Lipinski definition) is 1. The normalized spacial score (nSPS) is 19.6. The fourth-order valence-electron chi connectivity index (χ4n) is 2.52. The minimum atomic E-state index is 0.592. The molecule has 0 spiro atoms. The number of aromatic nitrogens is 1. The Morgan fingerprint density at radius 1 is 1.38 bits per heavy atom. The molecule has 3 heterocycles. The Bertz CT molecular complexity index is 444. The Labute approximate surface area is 95.1 Å². The number of nitrogens with two attached hydrogens (primary N) is 1. The number of aryl methyl sites for hydroxylation is 1. The summed E-state index contributed by atoms with van der Waals surface area (Å²) in [6.45, 7) is 2.32. The maximum absolute atomic E-state index is 5.37. The first kappa shape index (κ1) is 9.73. The zero-order chi connectivity index (χ0) is 10.8. The molecule has 0 radical (unpaired) electrons. The van der Waals surface area contributed by atoms with Crippen molar-refractivity contribution in [2.45, 2.75) is 25.4 Å². The van der Waals surface area contributed by atoms with Crippen molar-refractivity contribution in [2.24, 2.45) is 0 Å². The third-order valence-corrected chi connectivity index (χ3v) is 3.35. The second-order valence-corrected chi connectivity index (χ2v) is 4.38. The highest BCUT2D eigenvalue weighted by atomic mass is 16.3. The first-order valence-corrected chi connectivity index (χ1v) is 5.94. The zero-order valence-electron chi connectivity index (χ0n) is 9.30. The highest BCUT2D eigenvalue weighted by Gasteiger charge is 2.22. The molecule has 2 aromatic rings. The summed E-state index contributed by atoms with van der Waals surface area (Å²) in [5, 5.41) is 2.44. The molecular formula is C13H17N2O+. The minimum Gasteiger partial charge on any atom is -0.469 e. The first-order valence-electron chi connectivity index (χ1n) is 5.94. The van der Waals surface area contributed by atoms with E-state index in [2.05, 4.69) is 34.3 Å². The topological polar surface area (TPSA) is 34.7 Å². The molecule has 3 rings (SSSR count). The molecule has 0 saturated heterocycles. The number of fused-ring (bicyclic) bond motifs is 1. The summed E-state index contributed by atoms with van der Waals surface area (Å²) in [6.07, 6.45) is 6.11. The molecule has 0 amide bonds. The maximum Gasteiger partial charge on any atom is 0.127 e. The van der Waals surface area contributed by atoms with Gasteiger partial charge in [-0.3, -0.25) is 0 Å². The van der Waals surface area contributed by atoms with E-state index in [0.717, 1.165) is 25.1 Å². The van der Waals surface area contributed by atoms with Gasteiger partial charge in [0.05, 0.1) is 25.0 Å². The fourth-order valence-corrected chi connectivity index (χ4v) is 2.52. The van der Waals surface area contributed by atoms with Crippen LogP contribution in [0.25, 0.3) is 0 Å². The summed E-state index contributed by atoms with van der Waals surface area (Å²) in [5.41, 5.74) is 1.46. The van der Waals surface area contributed by atoms with E-state index in [4.69, 9.17) is 4.42 Å². The van der Waals surface area contributed by atoms with Crippen LogP contribution in [0.5, 0.6) is 0 Å². The van der Waals surface area contributed by atoms with E-state index in [1.165, 1.54) is 12.2 Å². The third kappa shape index (κ3) is 1.78. The molecule has 1 atom stereocenters. The van der Waals surface area contributed by atoms with Crippen LogP contribution in [0.2, 0.25) is 0 Å². The lowest BCUT2D eigenvalue weighted by molar-refractivity contribution is -0.703. The van der Waals surface area contributed by atoms with Crippen molar-refractivity contribution in [3.8, 4) is 0 Å². The molecule has 2 aromatic heterocycles. The van der Waals surface area contributed by atoms with Gasteiger partial charge in [-0.05, 0) is 24.3 Å². The molecule has 0 aliphatic carbocycles. The molecule has 0 aromatic carbocycles. The molecule has 1 aliphatic rings. The van der Waals surface area contributed by atoms with Gasteiger partial charge in [-0.2, -0.15) is 0 Å². The van der Waals surface area contributed by atoms with Crippen molar-refractivity contribution in [1.82, 2.24) is 4.57 Å². The minimum absolute atomic E-state index is 0.592. The van der Waals surface area contributed by atoms with Gasteiger partial charge in [0.2, 0.25) is 0 Å². The first-order chi connectivity index (χ1) is 7.93. The molecule has 2 N–H and O–H groups in total. The molecule has 0 saturated carbocycles. The van der Waals surface area contributed by atoms with Gasteiger partial charge in [0, 0.05) is 19.0 Å². The summed E-state index contributed by atoms with van der Waals surface area (Å²) in [6, 6.07) is 9.00. The average Bonchev–Trinajstić information content (AvgIpc) is 2.97. The van der Waals surface area contributed by atoms with E-state index in [1.54, 1.807) is 6.26 Å². The summed E-state index contributed by atoms with van der Waals surface area (Å²) in [4.78, 5) is 0. The van der Waals surface area contributed by atoms with E-state index in [0.29, 0.717) is 6.04 Å². The van der Waals surface area contributed by atoms with E-state index in [1.807, 2.05) is 6.07 Å². The molecular weight excluding hydrogens is 200 g/mol. The monoisotopic (exact) mass is 217 g/mol. The lowest BCUT2D eigenvalue weighted by atomic mass is 10.1. The quantitative estimate of drug-likeness (QED) is 0.827. The standard InChI is InChI=1S/C13H16N2O/c1-4-13-12(14-7-9-15(13)8-1)6-5-11-3-2-10-16-11/h1-4,8,10,12,14H,5-7,9H2/p+1. The number of furan rings is 1. The molecule has 84 valence electrons. The van der Waals surface area contributed by atoms with Crippen LogP contribution in [-0.2, 0) is 13.0 Å². The number of hydrogen-bond acceptors (Lipinski definition) is 1. The van der Waals surface area contributed by atoms with Crippen LogP contribution in [-0.4, -0.2) is 11.1 Å². The highest BCUT2D eigenvalue weighted by molar-refractivity contribution is 5.11. The molecule has 16 heavy (non-hydrogen) atoms. The Kier molecular flexibility index (Phi) is 2.54. The van der Waals surface area contributed by atoms with E-state index < -0.39 is 0 Å². The molecule has 3 nitrogen and oxygen atoms in total. The summed E-state index contributed by atoms with van der Waals surface area (Å²) in [5.74, 6) is 1.09. The largest absolute Gasteiger partial charge is 0.469 e. The van der Waals surface area contributed by atoms with Gasteiger partial charge in [-0.15, -0.1) is 0 Å². The fraction of sp³-hybridized carbons (Fsp3) is 0.385. The summed E-state index contributed by atoms with van der Waals surface area (Å²) in [7, 11) is 0. The molecule has 1 unspecified atom stereocenters. The van der Waals surface area contributed by atoms with Crippen LogP contribution in [0.1, 0.15) is 23.9 Å². The predicted molar refractivity (Wildman–Crippen MR) is 61.0 cm³/mol. The van der Waals surface area contributed by atoms with Gasteiger partial charge in [0.25, 0.3) is 0 Å². The van der Waals surface area contributed by atoms with Gasteiger partial charge in [-0.25, -0.2) is 0 Å². The molecule has 3 heteroatoms. The van der Waals surface area contributed by atoms with Gasteiger partial charge < -0.3 is 14.3 Å². The summed E-state index contributed by atoms with van der Waals surface area (Å²) >= 11 is 0. The van der Waals surface area contributed by atoms with Crippen LogP contribution in [0.3, 0.4) is 0 Å². The number of nitrogens with zero attached hydrogens (tertiary/aromatic N) is 1. The number of rotatable bonds is 3. The molecule has 0 fully saturated rings. The molecule has 0 bridgehead atoms.